The largest absolute Gasteiger partial charge is 0.534 e. The SMILES string of the molecule is Cc1cc2c(cc1OS(=O)(=O)C(F)(F)F)CCC1C2CC[C@]2(C)C(C)CCC12. The topological polar surface area (TPSA) is 43.4 Å². The van der Waals surface area contributed by atoms with Gasteiger partial charge in [0.1, 0.15) is 5.75 Å². The molecule has 0 heterocycles. The normalized spacial score (nSPS) is 35.1. The highest BCUT2D eigenvalue weighted by Crippen LogP contribution is 2.63. The lowest BCUT2D eigenvalue weighted by Gasteiger charge is -2.50. The average molecular weight is 417 g/mol. The Labute approximate surface area is 164 Å². The third kappa shape index (κ3) is 2.96. The van der Waals surface area contributed by atoms with Crippen molar-refractivity contribution < 1.29 is 25.8 Å². The highest BCUT2D eigenvalue weighted by Gasteiger charge is 2.53. The van der Waals surface area contributed by atoms with Crippen LogP contribution in [0.4, 0.5) is 13.2 Å². The molecular weight excluding hydrogens is 389 g/mol. The van der Waals surface area contributed by atoms with Crippen LogP contribution < -0.4 is 4.18 Å². The Morgan fingerprint density at radius 2 is 1.86 bits per heavy atom. The molecule has 3 nitrogen and oxygen atoms in total. The van der Waals surface area contributed by atoms with Crippen molar-refractivity contribution in [2.45, 2.75) is 70.7 Å². The molecule has 156 valence electrons. The summed E-state index contributed by atoms with van der Waals surface area (Å²) in [7, 11) is -5.65. The zero-order valence-corrected chi connectivity index (χ0v) is 17.3. The predicted molar refractivity (Wildman–Crippen MR) is 101 cm³/mol. The van der Waals surface area contributed by atoms with Crippen molar-refractivity contribution in [2.75, 3.05) is 0 Å². The van der Waals surface area contributed by atoms with E-state index in [0.29, 0.717) is 28.7 Å². The van der Waals surface area contributed by atoms with Gasteiger partial charge in [-0.15, -0.1) is 0 Å². The molecule has 0 radical (unpaired) electrons. The fourth-order valence-electron chi connectivity index (χ4n) is 6.23. The van der Waals surface area contributed by atoms with Crippen molar-refractivity contribution >= 4 is 10.1 Å². The van der Waals surface area contributed by atoms with Gasteiger partial charge < -0.3 is 4.18 Å². The lowest BCUT2D eigenvalue weighted by molar-refractivity contribution is -0.0500. The molecule has 1 aromatic rings. The average Bonchev–Trinajstić information content (AvgIpc) is 2.89. The first kappa shape index (κ1) is 20.0. The zero-order chi connectivity index (χ0) is 20.5. The van der Waals surface area contributed by atoms with E-state index in [-0.39, 0.29) is 5.75 Å². The van der Waals surface area contributed by atoms with Gasteiger partial charge in [-0.05, 0) is 97.3 Å². The summed E-state index contributed by atoms with van der Waals surface area (Å²) in [5.74, 6) is 2.27. The van der Waals surface area contributed by atoms with Gasteiger partial charge in [0, 0.05) is 0 Å². The smallest absolute Gasteiger partial charge is 0.376 e. The molecule has 3 aliphatic carbocycles. The second-order valence-electron chi connectivity index (χ2n) is 9.24. The maximum atomic E-state index is 12.7. The molecule has 3 aliphatic rings. The molecule has 1 aromatic carbocycles. The lowest BCUT2D eigenvalue weighted by atomic mass is 9.54. The Balaban J connectivity index is 1.65. The van der Waals surface area contributed by atoms with E-state index in [9.17, 15) is 21.6 Å². The Hall–Kier alpha value is -1.24. The van der Waals surface area contributed by atoms with E-state index < -0.39 is 15.6 Å². The molecule has 0 bridgehead atoms. The Morgan fingerprint density at radius 1 is 1.14 bits per heavy atom. The van der Waals surface area contributed by atoms with Crippen LogP contribution in [0.25, 0.3) is 0 Å². The van der Waals surface area contributed by atoms with Crippen molar-refractivity contribution in [3.05, 3.63) is 28.8 Å². The molecule has 4 rings (SSSR count). The summed E-state index contributed by atoms with van der Waals surface area (Å²) in [6.45, 7) is 6.42. The number of alkyl halides is 3. The fourth-order valence-corrected chi connectivity index (χ4v) is 6.74. The van der Waals surface area contributed by atoms with Crippen LogP contribution in [0, 0.1) is 30.1 Å². The molecule has 0 N–H and O–H groups in total. The van der Waals surface area contributed by atoms with Crippen molar-refractivity contribution in [3.63, 3.8) is 0 Å². The molecule has 0 spiro atoms. The van der Waals surface area contributed by atoms with Crippen LogP contribution in [0.5, 0.6) is 5.75 Å². The molecule has 7 heteroatoms. The van der Waals surface area contributed by atoms with E-state index in [1.165, 1.54) is 30.9 Å². The summed E-state index contributed by atoms with van der Waals surface area (Å²) in [5, 5.41) is 0. The van der Waals surface area contributed by atoms with Crippen molar-refractivity contribution in [1.29, 1.82) is 0 Å². The van der Waals surface area contributed by atoms with Crippen LogP contribution in [0.15, 0.2) is 12.1 Å². The standard InChI is InChI=1S/C21H27F3O3S/c1-12-10-17-14(11-19(12)27-28(25,26)21(22,23)24)5-6-16-15(17)8-9-20(3)13(2)4-7-18(16)20/h10-11,13,15-16,18H,4-9H2,1-3H3/t13?,15?,16?,18?,20-/m1/s1. The Morgan fingerprint density at radius 3 is 2.54 bits per heavy atom. The Kier molecular flexibility index (Phi) is 4.57. The maximum absolute atomic E-state index is 12.7. The van der Waals surface area contributed by atoms with Gasteiger partial charge in [-0.2, -0.15) is 21.6 Å². The summed E-state index contributed by atoms with van der Waals surface area (Å²) in [6.07, 6.45) is 6.59. The molecule has 0 amide bonds. The van der Waals surface area contributed by atoms with E-state index in [4.69, 9.17) is 0 Å². The fraction of sp³-hybridized carbons (Fsp3) is 0.714. The summed E-state index contributed by atoms with van der Waals surface area (Å²) in [5.41, 5.74) is -2.45. The summed E-state index contributed by atoms with van der Waals surface area (Å²) < 4.78 is 65.3. The van der Waals surface area contributed by atoms with Crippen LogP contribution in [-0.4, -0.2) is 13.9 Å². The first-order valence-electron chi connectivity index (χ1n) is 10.1. The van der Waals surface area contributed by atoms with Gasteiger partial charge in [0.15, 0.2) is 0 Å². The molecular formula is C21H27F3O3S. The van der Waals surface area contributed by atoms with Gasteiger partial charge in [-0.3, -0.25) is 0 Å². The van der Waals surface area contributed by atoms with Gasteiger partial charge in [0.05, 0.1) is 0 Å². The molecule has 28 heavy (non-hydrogen) atoms. The molecule has 2 saturated carbocycles. The number of benzene rings is 1. The van der Waals surface area contributed by atoms with Crippen LogP contribution >= 0.6 is 0 Å². The predicted octanol–water partition coefficient (Wildman–Crippen LogP) is 5.72. The first-order valence-corrected chi connectivity index (χ1v) is 11.5. The molecule has 4 unspecified atom stereocenters. The van der Waals surface area contributed by atoms with Gasteiger partial charge >= 0.3 is 15.6 Å². The Bertz CT molecular complexity index is 893. The van der Waals surface area contributed by atoms with Crippen molar-refractivity contribution in [2.24, 2.45) is 23.2 Å². The molecule has 0 aliphatic heterocycles. The third-order valence-electron chi connectivity index (χ3n) is 7.98. The second-order valence-corrected chi connectivity index (χ2v) is 10.8. The highest BCUT2D eigenvalue weighted by atomic mass is 32.2. The zero-order valence-electron chi connectivity index (χ0n) is 16.5. The monoisotopic (exact) mass is 416 g/mol. The van der Waals surface area contributed by atoms with E-state index in [1.807, 2.05) is 6.07 Å². The minimum Gasteiger partial charge on any atom is -0.376 e. The van der Waals surface area contributed by atoms with Crippen LogP contribution in [-0.2, 0) is 16.5 Å². The summed E-state index contributed by atoms with van der Waals surface area (Å²) in [4.78, 5) is 0. The second kappa shape index (κ2) is 6.38. The molecule has 0 saturated heterocycles. The number of rotatable bonds is 2. The summed E-state index contributed by atoms with van der Waals surface area (Å²) >= 11 is 0. The van der Waals surface area contributed by atoms with E-state index in [0.717, 1.165) is 30.7 Å². The van der Waals surface area contributed by atoms with Gasteiger partial charge in [0.2, 0.25) is 0 Å². The lowest BCUT2D eigenvalue weighted by Crippen LogP contribution is -2.41. The molecule has 5 atom stereocenters. The maximum Gasteiger partial charge on any atom is 0.534 e. The number of fused-ring (bicyclic) bond motifs is 5. The molecule has 0 aromatic heterocycles. The van der Waals surface area contributed by atoms with Gasteiger partial charge in [-0.1, -0.05) is 19.9 Å². The number of hydrogen-bond acceptors (Lipinski definition) is 3. The van der Waals surface area contributed by atoms with Crippen molar-refractivity contribution in [1.82, 2.24) is 0 Å². The van der Waals surface area contributed by atoms with E-state index in [1.54, 1.807) is 6.92 Å². The van der Waals surface area contributed by atoms with Crippen LogP contribution in [0.1, 0.15) is 68.6 Å². The number of hydrogen-bond donors (Lipinski definition) is 0. The minimum atomic E-state index is -5.65. The summed E-state index contributed by atoms with van der Waals surface area (Å²) in [6, 6.07) is 3.39. The van der Waals surface area contributed by atoms with E-state index >= 15 is 0 Å². The van der Waals surface area contributed by atoms with Crippen LogP contribution in [0.3, 0.4) is 0 Å². The van der Waals surface area contributed by atoms with Crippen molar-refractivity contribution in [3.8, 4) is 5.75 Å². The van der Waals surface area contributed by atoms with Gasteiger partial charge in [-0.25, -0.2) is 0 Å². The highest BCUT2D eigenvalue weighted by molar-refractivity contribution is 7.88. The number of halogens is 3. The quantitative estimate of drug-likeness (QED) is 0.458. The number of aryl methyl sites for hydroxylation is 2. The first-order chi connectivity index (χ1) is 12.9. The van der Waals surface area contributed by atoms with Gasteiger partial charge in [0.25, 0.3) is 0 Å². The van der Waals surface area contributed by atoms with E-state index in [2.05, 4.69) is 18.0 Å². The minimum absolute atomic E-state index is 0.204. The molecule has 2 fully saturated rings. The third-order valence-corrected chi connectivity index (χ3v) is 8.94. The van der Waals surface area contributed by atoms with Crippen LogP contribution in [0.2, 0.25) is 0 Å².